The summed E-state index contributed by atoms with van der Waals surface area (Å²) < 4.78 is 48.3. The molecule has 0 aliphatic rings. The third-order valence-electron chi connectivity index (χ3n) is 15.6. The summed E-state index contributed by atoms with van der Waals surface area (Å²) in [6.45, 7) is 28.1. The predicted molar refractivity (Wildman–Crippen MR) is 377 cm³/mol. The van der Waals surface area contributed by atoms with Gasteiger partial charge in [0.05, 0.1) is 132 Å². The van der Waals surface area contributed by atoms with Crippen LogP contribution in [0.3, 0.4) is 0 Å². The lowest BCUT2D eigenvalue weighted by Gasteiger charge is -2.09. The van der Waals surface area contributed by atoms with Crippen LogP contribution in [0.15, 0.2) is 84.9 Å². The highest BCUT2D eigenvalue weighted by Crippen LogP contribution is 2.37. The minimum atomic E-state index is -0.520. The fourth-order valence-electron chi connectivity index (χ4n) is 10.8. The van der Waals surface area contributed by atoms with Crippen LogP contribution in [0.2, 0.25) is 10.0 Å². The van der Waals surface area contributed by atoms with Crippen molar-refractivity contribution in [3.8, 4) is 67.5 Å². The molecule has 0 aliphatic heterocycles. The first-order chi connectivity index (χ1) is 48.6. The second kappa shape index (κ2) is 33.1. The van der Waals surface area contributed by atoms with Gasteiger partial charge in [0.25, 0.3) is 0 Å². The molecule has 0 fully saturated rings. The lowest BCUT2D eigenvalue weighted by atomic mass is 10.1. The van der Waals surface area contributed by atoms with Crippen molar-refractivity contribution in [1.29, 1.82) is 0 Å². The van der Waals surface area contributed by atoms with Crippen molar-refractivity contribution in [2.45, 2.75) is 103 Å². The Balaban J connectivity index is 0.000000157. The molecule has 28 nitrogen and oxygen atoms in total. The summed E-state index contributed by atoms with van der Waals surface area (Å²) in [6.07, 6.45) is 0.965. The van der Waals surface area contributed by atoms with Crippen molar-refractivity contribution >= 4 is 69.7 Å². The molecule has 12 aromatic rings. The lowest BCUT2D eigenvalue weighted by Crippen LogP contribution is -2.14. The Labute approximate surface area is 591 Å². The van der Waals surface area contributed by atoms with Crippen LogP contribution in [0.1, 0.15) is 135 Å². The predicted octanol–water partition coefficient (Wildman–Crippen LogP) is 12.9. The zero-order chi connectivity index (χ0) is 72.9. The zero-order valence-electron chi connectivity index (χ0n) is 58.8. The second-order valence-electron chi connectivity index (χ2n) is 22.2. The standard InChI is InChI=1S/C19H22N4O3.C18H20N4O4.C18H20N4O3.C16H14Cl2N4O2/c1-5-11-26-15-9-7-14(8-10-15)16-12(3)22-23-13(4)17(19(24)25-6-2)20-21-18(16)23;1-6-26-18(23)16-11(3)22-17(20-19-16)15(10(2)21-22)12-7-8-13(24-4)14(9-12)25-5;1-5-24-14-9-7-13(8-10-14)15-11(3)21-22-12(4)16(18(23)25-6-2)19-20-17(15)22;1-4-24-16(23)14-9(3)22-15(20-19-14)13(8(2)21-22)10-5-6-11(17)12(18)7-10/h7-10H,5-6,11H2,1-4H3;7-9H,6H2,1-5H3;7-10H,5-6H2,1-4H3;5-7H,4H2,1-3H3. The molecule has 8 aromatic heterocycles. The molecule has 0 atom stereocenters. The van der Waals surface area contributed by atoms with Crippen molar-refractivity contribution in [1.82, 2.24) is 79.2 Å². The van der Waals surface area contributed by atoms with E-state index in [-0.39, 0.29) is 49.2 Å². The highest BCUT2D eigenvalue weighted by atomic mass is 35.5. The summed E-state index contributed by atoms with van der Waals surface area (Å²) in [5.41, 5.74) is 15.4. The summed E-state index contributed by atoms with van der Waals surface area (Å²) in [5, 5.41) is 52.0. The van der Waals surface area contributed by atoms with Crippen LogP contribution in [0.5, 0.6) is 23.0 Å². The van der Waals surface area contributed by atoms with E-state index in [2.05, 4.69) is 68.1 Å². The first-order valence-electron chi connectivity index (χ1n) is 32.3. The van der Waals surface area contributed by atoms with Gasteiger partial charge in [-0.2, -0.15) is 20.4 Å². The van der Waals surface area contributed by atoms with E-state index in [1.165, 1.54) is 0 Å². The number of carbonyl (C=O) groups is 4. The topological polar surface area (TPSA) is 314 Å². The van der Waals surface area contributed by atoms with Gasteiger partial charge in [-0.3, -0.25) is 0 Å². The number of aryl methyl sites for hydroxylation is 8. The van der Waals surface area contributed by atoms with E-state index in [0.717, 1.165) is 85.2 Å². The summed E-state index contributed by atoms with van der Waals surface area (Å²) in [5.74, 6) is 0.864. The molecular weight excluding hydrogens is 1340 g/mol. The van der Waals surface area contributed by atoms with Crippen molar-refractivity contribution in [2.24, 2.45) is 0 Å². The number of rotatable bonds is 19. The average Bonchev–Trinajstić information content (AvgIpc) is 1.65. The van der Waals surface area contributed by atoms with E-state index in [1.807, 2.05) is 107 Å². The Morgan fingerprint density at radius 3 is 0.970 bits per heavy atom. The number of esters is 4. The van der Waals surface area contributed by atoms with E-state index in [4.69, 9.17) is 61.1 Å². The maximum atomic E-state index is 12.0. The first-order valence-corrected chi connectivity index (χ1v) is 33.1. The number of halogens is 2. The molecule has 0 radical (unpaired) electrons. The Kier molecular flexibility index (Phi) is 24.2. The van der Waals surface area contributed by atoms with Crippen LogP contribution in [0.25, 0.3) is 67.1 Å². The SMILES string of the molecule is CCCOc1ccc(-c2c(C)nn3c(C)c(C(=O)OCC)nnc23)cc1.CCOC(=O)c1nnc2c(-c3ccc(Cl)c(Cl)c3)c(C)nn2c1C.CCOC(=O)c1nnc2c(-c3ccc(OC)c(OC)c3)c(C)nn2c1C.CCOC(=O)c1nnc2c(-c3ccc(OCC)cc3)c(C)nn2c1C. The third-order valence-corrected chi connectivity index (χ3v) is 16.3. The van der Waals surface area contributed by atoms with Crippen molar-refractivity contribution in [2.75, 3.05) is 53.9 Å². The number of aromatic nitrogens is 16. The van der Waals surface area contributed by atoms with Gasteiger partial charge in [-0.25, -0.2) is 37.2 Å². The normalized spacial score (nSPS) is 10.9. The molecular formula is C71H76Cl2N16O12. The number of fused-ring (bicyclic) bond motifs is 4. The van der Waals surface area contributed by atoms with Crippen LogP contribution in [-0.4, -0.2) is 157 Å². The summed E-state index contributed by atoms with van der Waals surface area (Å²) in [7, 11) is 3.17. The largest absolute Gasteiger partial charge is 0.494 e. The fourth-order valence-corrected chi connectivity index (χ4v) is 11.1. The van der Waals surface area contributed by atoms with Crippen LogP contribution in [0.4, 0.5) is 0 Å². The van der Waals surface area contributed by atoms with Crippen LogP contribution < -0.4 is 18.9 Å². The monoisotopic (exact) mass is 1410 g/mol. The number of carbonyl (C=O) groups excluding carboxylic acids is 4. The highest BCUT2D eigenvalue weighted by molar-refractivity contribution is 6.42. The van der Waals surface area contributed by atoms with Gasteiger partial charge in [0, 0.05) is 0 Å². The van der Waals surface area contributed by atoms with Gasteiger partial charge in [0.15, 0.2) is 56.9 Å². The van der Waals surface area contributed by atoms with Gasteiger partial charge < -0.3 is 37.9 Å². The van der Waals surface area contributed by atoms with Crippen molar-refractivity contribution in [3.05, 3.63) is 163 Å². The van der Waals surface area contributed by atoms with E-state index in [0.29, 0.717) is 80.1 Å². The highest BCUT2D eigenvalue weighted by Gasteiger charge is 2.26. The number of nitrogens with zero attached hydrogens (tertiary/aromatic N) is 16. The smallest absolute Gasteiger partial charge is 0.360 e. The summed E-state index contributed by atoms with van der Waals surface area (Å²) >= 11 is 12.1. The van der Waals surface area contributed by atoms with E-state index < -0.39 is 23.9 Å². The minimum absolute atomic E-state index is 0.146. The number of benzene rings is 4. The van der Waals surface area contributed by atoms with Gasteiger partial charge in [0.2, 0.25) is 0 Å². The third kappa shape index (κ3) is 15.8. The Morgan fingerprint density at radius 1 is 0.356 bits per heavy atom. The Bertz CT molecular complexity index is 5030. The Hall–Kier alpha value is -11.3. The number of methoxy groups -OCH3 is 2. The summed E-state index contributed by atoms with van der Waals surface area (Å²) in [6, 6.07) is 26.5. The molecule has 0 N–H and O–H groups in total. The fraction of sp³-hybridized carbons (Fsp3) is 0.324. The van der Waals surface area contributed by atoms with E-state index in [9.17, 15) is 19.2 Å². The van der Waals surface area contributed by atoms with Crippen molar-refractivity contribution < 1.29 is 57.1 Å². The van der Waals surface area contributed by atoms with E-state index >= 15 is 0 Å². The van der Waals surface area contributed by atoms with Gasteiger partial charge in [-0.15, -0.1) is 40.8 Å². The molecule has 0 spiro atoms. The Morgan fingerprint density at radius 2 is 0.663 bits per heavy atom. The van der Waals surface area contributed by atoms with Crippen molar-refractivity contribution in [3.63, 3.8) is 0 Å². The van der Waals surface area contributed by atoms with Gasteiger partial charge >= 0.3 is 23.9 Å². The molecule has 30 heteroatoms. The quantitative estimate of drug-likeness (QED) is 0.0536. The maximum Gasteiger partial charge on any atom is 0.360 e. The minimum Gasteiger partial charge on any atom is -0.494 e. The molecule has 0 saturated heterocycles. The molecule has 0 unspecified atom stereocenters. The zero-order valence-corrected chi connectivity index (χ0v) is 60.4. The average molecular weight is 1420 g/mol. The molecule has 0 saturated carbocycles. The number of hydrogen-bond donors (Lipinski definition) is 0. The van der Waals surface area contributed by atoms with E-state index in [1.54, 1.807) is 99.8 Å². The van der Waals surface area contributed by atoms with Gasteiger partial charge in [0.1, 0.15) is 11.5 Å². The molecule has 8 heterocycles. The molecule has 101 heavy (non-hydrogen) atoms. The number of ether oxygens (including phenoxy) is 8. The molecule has 4 aromatic carbocycles. The first kappa shape index (κ1) is 74.0. The maximum absolute atomic E-state index is 12.0. The molecule has 0 aliphatic carbocycles. The van der Waals surface area contributed by atoms with Gasteiger partial charge in [-0.05, 0) is 167 Å². The van der Waals surface area contributed by atoms with Gasteiger partial charge in [-0.1, -0.05) is 66.5 Å². The molecule has 12 rings (SSSR count). The molecule has 0 bridgehead atoms. The summed E-state index contributed by atoms with van der Waals surface area (Å²) in [4.78, 5) is 48.0. The van der Waals surface area contributed by atoms with Crippen LogP contribution in [-0.2, 0) is 18.9 Å². The lowest BCUT2D eigenvalue weighted by molar-refractivity contribution is 0.0506. The molecule has 0 amide bonds. The van der Waals surface area contributed by atoms with Crippen LogP contribution in [0, 0.1) is 55.4 Å². The van der Waals surface area contributed by atoms with Crippen LogP contribution >= 0.6 is 23.2 Å². The second-order valence-corrected chi connectivity index (χ2v) is 23.0. The number of hydrogen-bond acceptors (Lipinski definition) is 24. The molecule has 526 valence electrons.